The smallest absolute Gasteiger partial charge is 0.354 e. The molecule has 3 heteroatoms. The first-order valence-electron chi connectivity index (χ1n) is 3.48. The normalized spacial score (nSPS) is 9.42. The van der Waals surface area contributed by atoms with Gasteiger partial charge in [0.2, 0.25) is 0 Å². The number of nitrogens with zero attached hydrogens (tertiary/aromatic N) is 1. The van der Waals surface area contributed by atoms with Gasteiger partial charge in [0.1, 0.15) is 5.69 Å². The first-order valence-corrected chi connectivity index (χ1v) is 3.48. The highest BCUT2D eigenvalue weighted by Gasteiger charge is 2.04. The summed E-state index contributed by atoms with van der Waals surface area (Å²) in [4.78, 5) is 14.3. The minimum Gasteiger partial charge on any atom is -0.477 e. The largest absolute Gasteiger partial charge is 0.477 e. The lowest BCUT2D eigenvalue weighted by Crippen LogP contribution is -2.01. The van der Waals surface area contributed by atoms with Crippen LogP contribution in [0.4, 0.5) is 0 Å². The zero-order valence-electron chi connectivity index (χ0n) is 6.74. The molecular formula is C9H9NO2. The molecule has 0 amide bonds. The maximum absolute atomic E-state index is 10.5. The molecule has 1 N–H and O–H groups in total. The van der Waals surface area contributed by atoms with Gasteiger partial charge in [0, 0.05) is 5.69 Å². The lowest BCUT2D eigenvalue weighted by molar-refractivity contribution is 0.0690. The van der Waals surface area contributed by atoms with Crippen LogP contribution in [0.2, 0.25) is 0 Å². The highest BCUT2D eigenvalue weighted by Crippen LogP contribution is 2.07. The molecule has 0 aliphatic heterocycles. The molecule has 0 saturated carbocycles. The van der Waals surface area contributed by atoms with Crippen LogP contribution in [0.15, 0.2) is 18.7 Å². The minimum atomic E-state index is -1.01. The zero-order valence-corrected chi connectivity index (χ0v) is 6.74. The Hall–Kier alpha value is -1.64. The maximum Gasteiger partial charge on any atom is 0.354 e. The van der Waals surface area contributed by atoms with Gasteiger partial charge in [-0.25, -0.2) is 9.78 Å². The Balaban J connectivity index is 3.18. The van der Waals surface area contributed by atoms with E-state index in [0.29, 0.717) is 5.69 Å². The molecule has 0 aliphatic rings. The molecule has 12 heavy (non-hydrogen) atoms. The van der Waals surface area contributed by atoms with Gasteiger partial charge in [-0.1, -0.05) is 18.7 Å². The van der Waals surface area contributed by atoms with E-state index in [-0.39, 0.29) is 5.69 Å². The fraction of sp³-hybridized carbons (Fsp3) is 0.111. The van der Waals surface area contributed by atoms with E-state index in [2.05, 4.69) is 11.6 Å². The SMILES string of the molecule is C=Cc1ccc(C(=O)O)nc1C. The van der Waals surface area contributed by atoms with E-state index in [0.717, 1.165) is 5.56 Å². The van der Waals surface area contributed by atoms with Gasteiger partial charge in [-0.2, -0.15) is 0 Å². The van der Waals surface area contributed by atoms with E-state index in [1.54, 1.807) is 19.1 Å². The summed E-state index contributed by atoms with van der Waals surface area (Å²) in [5.41, 5.74) is 1.61. The fourth-order valence-corrected chi connectivity index (χ4v) is 0.907. The van der Waals surface area contributed by atoms with Gasteiger partial charge >= 0.3 is 5.97 Å². The zero-order chi connectivity index (χ0) is 9.14. The van der Waals surface area contributed by atoms with Crippen molar-refractivity contribution in [3.8, 4) is 0 Å². The maximum atomic E-state index is 10.5. The Labute approximate surface area is 70.4 Å². The third kappa shape index (κ3) is 1.50. The molecule has 0 radical (unpaired) electrons. The molecule has 0 fully saturated rings. The fourth-order valence-electron chi connectivity index (χ4n) is 0.907. The minimum absolute atomic E-state index is 0.0677. The van der Waals surface area contributed by atoms with Crippen LogP contribution in [0, 0.1) is 6.92 Å². The van der Waals surface area contributed by atoms with E-state index in [4.69, 9.17) is 5.11 Å². The second-order valence-electron chi connectivity index (χ2n) is 2.38. The molecule has 1 aromatic heterocycles. The molecule has 0 atom stereocenters. The van der Waals surface area contributed by atoms with Crippen molar-refractivity contribution in [2.45, 2.75) is 6.92 Å². The van der Waals surface area contributed by atoms with Crippen LogP contribution in [-0.4, -0.2) is 16.1 Å². The molecule has 0 aliphatic carbocycles. The lowest BCUT2D eigenvalue weighted by Gasteiger charge is -1.99. The summed E-state index contributed by atoms with van der Waals surface area (Å²) in [6.45, 7) is 5.33. The molecule has 0 spiro atoms. The highest BCUT2D eigenvalue weighted by atomic mass is 16.4. The number of carboxylic acid groups (broad SMARTS) is 1. The molecule has 1 rings (SSSR count). The Bertz CT molecular complexity index is 331. The third-order valence-corrected chi connectivity index (χ3v) is 1.57. The van der Waals surface area contributed by atoms with Crippen LogP contribution in [0.3, 0.4) is 0 Å². The van der Waals surface area contributed by atoms with Crippen LogP contribution in [0.1, 0.15) is 21.7 Å². The molecule has 0 saturated heterocycles. The van der Waals surface area contributed by atoms with Crippen LogP contribution < -0.4 is 0 Å². The van der Waals surface area contributed by atoms with Crippen molar-refractivity contribution in [1.29, 1.82) is 0 Å². The summed E-state index contributed by atoms with van der Waals surface area (Å²) in [7, 11) is 0. The number of hydrogen-bond donors (Lipinski definition) is 1. The standard InChI is InChI=1S/C9H9NO2/c1-3-7-4-5-8(9(11)12)10-6(7)2/h3-5H,1H2,2H3,(H,11,12). The van der Waals surface area contributed by atoms with E-state index in [1.807, 2.05) is 0 Å². The Morgan fingerprint density at radius 2 is 2.33 bits per heavy atom. The summed E-state index contributed by atoms with van der Waals surface area (Å²) in [6.07, 6.45) is 1.65. The van der Waals surface area contributed by atoms with Gasteiger partial charge in [0.05, 0.1) is 0 Å². The summed E-state index contributed by atoms with van der Waals surface area (Å²) in [6, 6.07) is 3.16. The number of carbonyl (C=O) groups is 1. The van der Waals surface area contributed by atoms with E-state index >= 15 is 0 Å². The van der Waals surface area contributed by atoms with E-state index in [9.17, 15) is 4.79 Å². The second-order valence-corrected chi connectivity index (χ2v) is 2.38. The summed E-state index contributed by atoms with van der Waals surface area (Å²) < 4.78 is 0. The number of pyridine rings is 1. The van der Waals surface area contributed by atoms with Gasteiger partial charge in [-0.05, 0) is 18.6 Å². The van der Waals surface area contributed by atoms with Gasteiger partial charge < -0.3 is 5.11 Å². The average Bonchev–Trinajstić information content (AvgIpc) is 2.04. The Morgan fingerprint density at radius 3 is 2.75 bits per heavy atom. The van der Waals surface area contributed by atoms with Crippen molar-refractivity contribution in [2.24, 2.45) is 0 Å². The van der Waals surface area contributed by atoms with Crippen molar-refractivity contribution >= 4 is 12.0 Å². The molecule has 0 unspecified atom stereocenters. The predicted octanol–water partition coefficient (Wildman–Crippen LogP) is 1.73. The molecule has 0 aromatic carbocycles. The average molecular weight is 163 g/mol. The number of hydrogen-bond acceptors (Lipinski definition) is 2. The third-order valence-electron chi connectivity index (χ3n) is 1.57. The van der Waals surface area contributed by atoms with Crippen LogP contribution in [0.5, 0.6) is 0 Å². The van der Waals surface area contributed by atoms with Gasteiger partial charge in [0.15, 0.2) is 0 Å². The molecule has 0 bridgehead atoms. The molecule has 1 aromatic rings. The molecule has 62 valence electrons. The Kier molecular flexibility index (Phi) is 2.24. The molecule has 3 nitrogen and oxygen atoms in total. The van der Waals surface area contributed by atoms with Crippen molar-refractivity contribution in [3.63, 3.8) is 0 Å². The number of carboxylic acids is 1. The van der Waals surface area contributed by atoms with Crippen molar-refractivity contribution in [3.05, 3.63) is 35.7 Å². The first-order chi connectivity index (χ1) is 5.65. The highest BCUT2D eigenvalue weighted by molar-refractivity contribution is 5.85. The number of aryl methyl sites for hydroxylation is 1. The topological polar surface area (TPSA) is 50.2 Å². The second kappa shape index (κ2) is 3.17. The summed E-state index contributed by atoms with van der Waals surface area (Å²) in [5.74, 6) is -1.01. The molecule has 1 heterocycles. The first kappa shape index (κ1) is 8.46. The van der Waals surface area contributed by atoms with Crippen molar-refractivity contribution in [1.82, 2.24) is 4.98 Å². The van der Waals surface area contributed by atoms with Gasteiger partial charge in [-0.15, -0.1) is 0 Å². The van der Waals surface area contributed by atoms with Crippen LogP contribution in [-0.2, 0) is 0 Å². The number of aromatic nitrogens is 1. The number of rotatable bonds is 2. The van der Waals surface area contributed by atoms with Gasteiger partial charge in [0.25, 0.3) is 0 Å². The van der Waals surface area contributed by atoms with Crippen molar-refractivity contribution in [2.75, 3.05) is 0 Å². The van der Waals surface area contributed by atoms with Crippen LogP contribution in [0.25, 0.3) is 6.08 Å². The predicted molar refractivity (Wildman–Crippen MR) is 46.0 cm³/mol. The van der Waals surface area contributed by atoms with E-state index in [1.165, 1.54) is 6.07 Å². The summed E-state index contributed by atoms with van der Waals surface area (Å²) in [5, 5.41) is 8.58. The van der Waals surface area contributed by atoms with Gasteiger partial charge in [-0.3, -0.25) is 0 Å². The summed E-state index contributed by atoms with van der Waals surface area (Å²) >= 11 is 0. The van der Waals surface area contributed by atoms with Crippen LogP contribution >= 0.6 is 0 Å². The lowest BCUT2D eigenvalue weighted by atomic mass is 10.2. The van der Waals surface area contributed by atoms with E-state index < -0.39 is 5.97 Å². The van der Waals surface area contributed by atoms with Crippen molar-refractivity contribution < 1.29 is 9.90 Å². The molecular weight excluding hydrogens is 154 g/mol. The quantitative estimate of drug-likeness (QED) is 0.722. The number of aromatic carboxylic acids is 1. The Morgan fingerprint density at radius 1 is 1.67 bits per heavy atom. The monoisotopic (exact) mass is 163 g/mol.